The van der Waals surface area contributed by atoms with Gasteiger partial charge < -0.3 is 10.1 Å². The van der Waals surface area contributed by atoms with E-state index in [0.717, 1.165) is 34.9 Å². The summed E-state index contributed by atoms with van der Waals surface area (Å²) in [7, 11) is -3.60. The van der Waals surface area contributed by atoms with Gasteiger partial charge in [-0.2, -0.15) is 10.2 Å². The Morgan fingerprint density at radius 2 is 2.10 bits per heavy atom. The largest absolute Gasteiger partial charge is 0.488 e. The highest BCUT2D eigenvalue weighted by Gasteiger charge is 2.22. The molecule has 0 spiro atoms. The molecule has 148 valence electrons. The van der Waals surface area contributed by atoms with Gasteiger partial charge in [-0.1, -0.05) is 6.07 Å². The first-order valence-corrected chi connectivity index (χ1v) is 10.6. The lowest BCUT2D eigenvalue weighted by Crippen LogP contribution is -2.23. The first kappa shape index (κ1) is 17.7. The fourth-order valence-electron chi connectivity index (χ4n) is 3.34. The van der Waals surface area contributed by atoms with E-state index in [9.17, 15) is 8.42 Å². The zero-order chi connectivity index (χ0) is 19.8. The molecule has 0 radical (unpaired) electrons. The SMILES string of the molecule is O=S(=O)(c1cn[nH]c1)c1ccc2c(c1)C=NN(Cc1ccc3c(n1)NCCO3)C2. The van der Waals surface area contributed by atoms with E-state index in [-0.39, 0.29) is 9.79 Å². The van der Waals surface area contributed by atoms with Crippen LogP contribution in [0, 0.1) is 0 Å². The summed E-state index contributed by atoms with van der Waals surface area (Å²) in [4.78, 5) is 4.96. The van der Waals surface area contributed by atoms with E-state index in [4.69, 9.17) is 4.74 Å². The molecular formula is C19H18N6O3S. The molecule has 0 atom stereocenters. The fraction of sp³-hybridized carbons (Fsp3) is 0.211. The topological polar surface area (TPSA) is 113 Å². The number of benzene rings is 1. The lowest BCUT2D eigenvalue weighted by molar-refractivity contribution is 0.264. The van der Waals surface area contributed by atoms with Crippen molar-refractivity contribution in [2.45, 2.75) is 22.9 Å². The van der Waals surface area contributed by atoms with Gasteiger partial charge in [0.25, 0.3) is 0 Å². The van der Waals surface area contributed by atoms with E-state index >= 15 is 0 Å². The second-order valence-corrected chi connectivity index (χ2v) is 8.74. The van der Waals surface area contributed by atoms with Gasteiger partial charge in [0.2, 0.25) is 9.84 Å². The minimum atomic E-state index is -3.60. The molecule has 29 heavy (non-hydrogen) atoms. The second kappa shape index (κ2) is 6.89. The molecule has 0 saturated carbocycles. The highest BCUT2D eigenvalue weighted by molar-refractivity contribution is 7.91. The number of anilines is 1. The number of aromatic amines is 1. The van der Waals surface area contributed by atoms with E-state index in [1.165, 1.54) is 12.4 Å². The number of nitrogens with one attached hydrogen (secondary N) is 2. The zero-order valence-corrected chi connectivity index (χ0v) is 16.2. The molecule has 10 heteroatoms. The highest BCUT2D eigenvalue weighted by atomic mass is 32.2. The number of hydrogen-bond acceptors (Lipinski definition) is 8. The number of hydrogen-bond donors (Lipinski definition) is 2. The predicted octanol–water partition coefficient (Wildman–Crippen LogP) is 1.79. The van der Waals surface area contributed by atoms with Crippen LogP contribution >= 0.6 is 0 Å². The standard InChI is InChI=1S/C19H18N6O3S/c26-29(27,17-9-21-22-10-17)16-3-1-13-11-25(23-8-14(13)7-16)12-15-2-4-18-19(24-15)20-5-6-28-18/h1-4,7-10H,5-6,11-12H2,(H,20,24)(H,21,22). The fourth-order valence-corrected chi connectivity index (χ4v) is 4.54. The molecule has 0 unspecified atom stereocenters. The number of aromatic nitrogens is 3. The van der Waals surface area contributed by atoms with E-state index < -0.39 is 9.84 Å². The van der Waals surface area contributed by atoms with Gasteiger partial charge in [0.05, 0.1) is 42.6 Å². The zero-order valence-electron chi connectivity index (χ0n) is 15.4. The van der Waals surface area contributed by atoms with Crippen LogP contribution in [0.5, 0.6) is 5.75 Å². The van der Waals surface area contributed by atoms with Crippen LogP contribution in [-0.4, -0.2) is 48.0 Å². The number of H-pyrrole nitrogens is 1. The highest BCUT2D eigenvalue weighted by Crippen LogP contribution is 2.27. The molecule has 3 aromatic rings. The third-order valence-corrected chi connectivity index (χ3v) is 6.55. The number of fused-ring (bicyclic) bond motifs is 2. The average molecular weight is 410 g/mol. The molecule has 0 fully saturated rings. The summed E-state index contributed by atoms with van der Waals surface area (Å²) in [6.07, 6.45) is 4.36. The van der Waals surface area contributed by atoms with Gasteiger partial charge in [-0.15, -0.1) is 0 Å². The van der Waals surface area contributed by atoms with Crippen molar-refractivity contribution < 1.29 is 13.2 Å². The summed E-state index contributed by atoms with van der Waals surface area (Å²) in [6, 6.07) is 8.94. The van der Waals surface area contributed by atoms with E-state index in [0.29, 0.717) is 19.7 Å². The van der Waals surface area contributed by atoms with Gasteiger partial charge in [-0.25, -0.2) is 13.4 Å². The number of ether oxygens (including phenoxy) is 1. The van der Waals surface area contributed by atoms with Gasteiger partial charge in [0.1, 0.15) is 11.5 Å². The van der Waals surface area contributed by atoms with Crippen LogP contribution in [0.25, 0.3) is 0 Å². The Labute approximate surface area is 167 Å². The normalized spacial score (nSPS) is 15.2. The van der Waals surface area contributed by atoms with Crippen molar-refractivity contribution in [1.29, 1.82) is 0 Å². The summed E-state index contributed by atoms with van der Waals surface area (Å²) in [5.41, 5.74) is 2.67. The molecule has 1 aromatic carbocycles. The quantitative estimate of drug-likeness (QED) is 0.674. The number of pyridine rings is 1. The Morgan fingerprint density at radius 1 is 1.17 bits per heavy atom. The maximum atomic E-state index is 12.7. The number of rotatable bonds is 4. The van der Waals surface area contributed by atoms with Crippen molar-refractivity contribution in [2.24, 2.45) is 5.10 Å². The Morgan fingerprint density at radius 3 is 2.97 bits per heavy atom. The first-order chi connectivity index (χ1) is 14.1. The van der Waals surface area contributed by atoms with Gasteiger partial charge >= 0.3 is 0 Å². The molecule has 0 saturated heterocycles. The molecule has 2 N–H and O–H groups in total. The molecule has 5 rings (SSSR count). The number of sulfone groups is 1. The summed E-state index contributed by atoms with van der Waals surface area (Å²) < 4.78 is 30.9. The van der Waals surface area contributed by atoms with Crippen LogP contribution in [0.15, 0.2) is 57.6 Å². The van der Waals surface area contributed by atoms with E-state index in [2.05, 4.69) is 25.6 Å². The molecule has 0 bridgehead atoms. The Bertz CT molecular complexity index is 1190. The van der Waals surface area contributed by atoms with Crippen molar-refractivity contribution in [3.05, 3.63) is 59.5 Å². The smallest absolute Gasteiger partial charge is 0.209 e. The van der Waals surface area contributed by atoms with Crippen molar-refractivity contribution in [3.8, 4) is 5.75 Å². The first-order valence-electron chi connectivity index (χ1n) is 9.12. The molecule has 9 nitrogen and oxygen atoms in total. The maximum Gasteiger partial charge on any atom is 0.209 e. The molecule has 2 aliphatic rings. The minimum absolute atomic E-state index is 0.142. The summed E-state index contributed by atoms with van der Waals surface area (Å²) >= 11 is 0. The van der Waals surface area contributed by atoms with E-state index in [1.807, 2.05) is 23.2 Å². The maximum absolute atomic E-state index is 12.7. The third-order valence-electron chi connectivity index (χ3n) is 4.84. The second-order valence-electron chi connectivity index (χ2n) is 6.79. The van der Waals surface area contributed by atoms with Crippen LogP contribution in [0.1, 0.15) is 16.8 Å². The van der Waals surface area contributed by atoms with Crippen molar-refractivity contribution >= 4 is 21.9 Å². The predicted molar refractivity (Wildman–Crippen MR) is 106 cm³/mol. The monoisotopic (exact) mass is 410 g/mol. The van der Waals surface area contributed by atoms with E-state index in [1.54, 1.807) is 18.3 Å². The van der Waals surface area contributed by atoms with Crippen LogP contribution in [-0.2, 0) is 22.9 Å². The average Bonchev–Trinajstić information content (AvgIpc) is 3.29. The van der Waals surface area contributed by atoms with Gasteiger partial charge in [-0.3, -0.25) is 10.1 Å². The van der Waals surface area contributed by atoms with Crippen LogP contribution in [0.2, 0.25) is 0 Å². The third kappa shape index (κ3) is 3.31. The van der Waals surface area contributed by atoms with Crippen LogP contribution in [0.4, 0.5) is 5.82 Å². The molecule has 2 aliphatic heterocycles. The van der Waals surface area contributed by atoms with Gasteiger partial charge in [0.15, 0.2) is 11.6 Å². The van der Waals surface area contributed by atoms with Gasteiger partial charge in [-0.05, 0) is 29.8 Å². The lowest BCUT2D eigenvalue weighted by Gasteiger charge is -2.25. The Hall–Kier alpha value is -3.40. The minimum Gasteiger partial charge on any atom is -0.488 e. The Balaban J connectivity index is 1.35. The molecule has 2 aromatic heterocycles. The van der Waals surface area contributed by atoms with Crippen LogP contribution < -0.4 is 10.1 Å². The van der Waals surface area contributed by atoms with Crippen LogP contribution in [0.3, 0.4) is 0 Å². The summed E-state index contributed by atoms with van der Waals surface area (Å²) in [6.45, 7) is 2.49. The molecule has 0 aliphatic carbocycles. The number of hydrazone groups is 1. The van der Waals surface area contributed by atoms with Crippen molar-refractivity contribution in [1.82, 2.24) is 20.2 Å². The summed E-state index contributed by atoms with van der Waals surface area (Å²) in [5.74, 6) is 1.52. The lowest BCUT2D eigenvalue weighted by atomic mass is 10.1. The molecule has 4 heterocycles. The van der Waals surface area contributed by atoms with Crippen molar-refractivity contribution in [3.63, 3.8) is 0 Å². The number of nitrogens with zero attached hydrogens (tertiary/aromatic N) is 4. The summed E-state index contributed by atoms with van der Waals surface area (Å²) in [5, 5.41) is 15.9. The molecule has 0 amide bonds. The Kier molecular flexibility index (Phi) is 4.20. The molecular weight excluding hydrogens is 392 g/mol. The van der Waals surface area contributed by atoms with Crippen molar-refractivity contribution in [2.75, 3.05) is 18.5 Å². The van der Waals surface area contributed by atoms with Gasteiger partial charge in [0, 0.05) is 11.8 Å².